The van der Waals surface area contributed by atoms with Gasteiger partial charge in [0, 0.05) is 28.2 Å². The van der Waals surface area contributed by atoms with Gasteiger partial charge in [0.1, 0.15) is 5.01 Å². The second-order valence-electron chi connectivity index (χ2n) is 2.97. The molecule has 0 saturated heterocycles. The Morgan fingerprint density at radius 2 is 2.50 bits per heavy atom. The first-order valence-corrected chi connectivity index (χ1v) is 5.87. The Bertz CT molecular complexity index is 322. The van der Waals surface area contributed by atoms with E-state index in [-0.39, 0.29) is 6.04 Å². The molecule has 78 valence electrons. The van der Waals surface area contributed by atoms with Crippen molar-refractivity contribution in [2.45, 2.75) is 19.9 Å². The quantitative estimate of drug-likeness (QED) is 0.886. The Hall–Kier alpha value is -0.0900. The second kappa shape index (κ2) is 5.71. The van der Waals surface area contributed by atoms with Gasteiger partial charge in [0.25, 0.3) is 0 Å². The maximum Gasteiger partial charge on any atom is 0.109 e. The number of nitrogens with zero attached hydrogens (tertiary/aromatic N) is 1. The Morgan fingerprint density at radius 1 is 1.79 bits per heavy atom. The highest BCUT2D eigenvalue weighted by molar-refractivity contribution is 7.11. The molecule has 0 bridgehead atoms. The van der Waals surface area contributed by atoms with Gasteiger partial charge in [0.2, 0.25) is 0 Å². The van der Waals surface area contributed by atoms with Crippen LogP contribution in [-0.4, -0.2) is 11.5 Å². The van der Waals surface area contributed by atoms with E-state index in [1.165, 1.54) is 10.4 Å². The molecule has 2 nitrogen and oxygen atoms in total. The molecular weight excluding hydrogens is 239 g/mol. The van der Waals surface area contributed by atoms with Gasteiger partial charge >= 0.3 is 0 Å². The lowest BCUT2D eigenvalue weighted by atomic mass is 10.3. The summed E-state index contributed by atoms with van der Waals surface area (Å²) in [6.45, 7) is 4.67. The molecule has 0 spiro atoms. The number of aryl methyl sites for hydroxylation is 1. The van der Waals surface area contributed by atoms with Crippen molar-refractivity contribution in [3.8, 4) is 0 Å². The minimum absolute atomic E-state index is 0.207. The zero-order valence-electron chi connectivity index (χ0n) is 8.05. The van der Waals surface area contributed by atoms with Crippen molar-refractivity contribution in [2.24, 2.45) is 0 Å². The summed E-state index contributed by atoms with van der Waals surface area (Å²) in [7, 11) is 0. The molecule has 1 rings (SSSR count). The summed E-state index contributed by atoms with van der Waals surface area (Å²) in [5, 5.41) is 4.90. The van der Waals surface area contributed by atoms with Gasteiger partial charge in [0.15, 0.2) is 0 Å². The van der Waals surface area contributed by atoms with Crippen LogP contribution in [0, 0.1) is 6.92 Å². The van der Waals surface area contributed by atoms with Crippen LogP contribution in [0.4, 0.5) is 0 Å². The summed E-state index contributed by atoms with van der Waals surface area (Å²) in [6, 6.07) is 0.207. The van der Waals surface area contributed by atoms with Gasteiger partial charge in [0.05, 0.1) is 6.04 Å². The Balaban J connectivity index is 2.47. The molecule has 0 saturated carbocycles. The summed E-state index contributed by atoms with van der Waals surface area (Å²) in [4.78, 5) is 5.50. The largest absolute Gasteiger partial charge is 0.303 e. The van der Waals surface area contributed by atoms with Crippen LogP contribution in [0.1, 0.15) is 22.9 Å². The van der Waals surface area contributed by atoms with E-state index in [2.05, 4.69) is 17.2 Å². The lowest BCUT2D eigenvalue weighted by Crippen LogP contribution is -2.19. The van der Waals surface area contributed by atoms with Gasteiger partial charge in [-0.3, -0.25) is 0 Å². The normalized spacial score (nSPS) is 14.4. The van der Waals surface area contributed by atoms with Gasteiger partial charge < -0.3 is 5.32 Å². The Morgan fingerprint density at radius 3 is 3.00 bits per heavy atom. The first-order chi connectivity index (χ1) is 6.63. The number of rotatable bonds is 4. The van der Waals surface area contributed by atoms with Crippen molar-refractivity contribution >= 4 is 34.5 Å². The lowest BCUT2D eigenvalue weighted by molar-refractivity contribution is 0.610. The number of hydrogen-bond acceptors (Lipinski definition) is 3. The number of halogens is 2. The monoisotopic (exact) mass is 250 g/mol. The van der Waals surface area contributed by atoms with Gasteiger partial charge in [-0.05, 0) is 13.8 Å². The predicted molar refractivity (Wildman–Crippen MR) is 63.1 cm³/mol. The molecule has 1 unspecified atom stereocenters. The predicted octanol–water partition coefficient (Wildman–Crippen LogP) is 3.42. The van der Waals surface area contributed by atoms with Crippen molar-refractivity contribution in [3.63, 3.8) is 0 Å². The van der Waals surface area contributed by atoms with E-state index in [1.807, 2.05) is 13.1 Å². The SMILES string of the molecule is Cc1cnc(C(C)NC/C(Cl)=C/Cl)s1. The molecule has 0 fully saturated rings. The van der Waals surface area contributed by atoms with E-state index in [0.29, 0.717) is 11.6 Å². The first kappa shape index (κ1) is 12.0. The molecule has 1 aromatic rings. The third-order valence-electron chi connectivity index (χ3n) is 1.71. The highest BCUT2D eigenvalue weighted by Crippen LogP contribution is 2.19. The lowest BCUT2D eigenvalue weighted by Gasteiger charge is -2.09. The summed E-state index contributed by atoms with van der Waals surface area (Å²) in [6.07, 6.45) is 1.87. The molecule has 0 aromatic carbocycles. The zero-order valence-corrected chi connectivity index (χ0v) is 10.4. The van der Waals surface area contributed by atoms with E-state index in [0.717, 1.165) is 5.01 Å². The maximum atomic E-state index is 5.75. The van der Waals surface area contributed by atoms with Crippen molar-refractivity contribution in [3.05, 3.63) is 26.6 Å². The summed E-state index contributed by atoms with van der Waals surface area (Å²) in [5.74, 6) is 0. The van der Waals surface area contributed by atoms with Crippen molar-refractivity contribution in [1.29, 1.82) is 0 Å². The van der Waals surface area contributed by atoms with Gasteiger partial charge in [-0.2, -0.15) is 0 Å². The van der Waals surface area contributed by atoms with Crippen molar-refractivity contribution in [1.82, 2.24) is 10.3 Å². The molecule has 1 N–H and O–H groups in total. The van der Waals surface area contributed by atoms with Crippen LogP contribution < -0.4 is 5.32 Å². The smallest absolute Gasteiger partial charge is 0.109 e. The molecule has 5 heteroatoms. The minimum atomic E-state index is 0.207. The molecule has 1 atom stereocenters. The molecule has 0 aliphatic rings. The standard InChI is InChI=1S/C9H12Cl2N2S/c1-6-4-13-9(14-6)7(2)12-5-8(11)3-10/h3-4,7,12H,5H2,1-2H3/b8-3-. The van der Waals surface area contributed by atoms with E-state index in [4.69, 9.17) is 23.2 Å². The molecule has 1 heterocycles. The first-order valence-electron chi connectivity index (χ1n) is 4.24. The molecule has 0 aliphatic heterocycles. The maximum absolute atomic E-state index is 5.75. The van der Waals surface area contributed by atoms with Crippen LogP contribution in [0.25, 0.3) is 0 Å². The van der Waals surface area contributed by atoms with Crippen molar-refractivity contribution in [2.75, 3.05) is 6.54 Å². The molecule has 0 aliphatic carbocycles. The average molecular weight is 251 g/mol. The summed E-state index contributed by atoms with van der Waals surface area (Å²) < 4.78 is 0. The second-order valence-corrected chi connectivity index (χ2v) is 4.94. The van der Waals surface area contributed by atoms with E-state index >= 15 is 0 Å². The van der Waals surface area contributed by atoms with Crippen LogP contribution >= 0.6 is 34.5 Å². The van der Waals surface area contributed by atoms with Gasteiger partial charge in [-0.15, -0.1) is 11.3 Å². The number of aromatic nitrogens is 1. The zero-order chi connectivity index (χ0) is 10.6. The van der Waals surface area contributed by atoms with Crippen LogP contribution in [0.5, 0.6) is 0 Å². The van der Waals surface area contributed by atoms with Crippen LogP contribution in [0.2, 0.25) is 0 Å². The number of nitrogens with one attached hydrogen (secondary N) is 1. The van der Waals surface area contributed by atoms with Crippen LogP contribution in [0.3, 0.4) is 0 Å². The van der Waals surface area contributed by atoms with E-state index in [1.54, 1.807) is 11.3 Å². The van der Waals surface area contributed by atoms with E-state index < -0.39 is 0 Å². The third kappa shape index (κ3) is 3.58. The van der Waals surface area contributed by atoms with Crippen molar-refractivity contribution < 1.29 is 0 Å². The van der Waals surface area contributed by atoms with Crippen LogP contribution in [-0.2, 0) is 0 Å². The van der Waals surface area contributed by atoms with Crippen LogP contribution in [0.15, 0.2) is 16.8 Å². The van der Waals surface area contributed by atoms with Gasteiger partial charge in [-0.1, -0.05) is 23.2 Å². The number of hydrogen-bond donors (Lipinski definition) is 1. The molecule has 1 aromatic heterocycles. The summed E-state index contributed by atoms with van der Waals surface area (Å²) >= 11 is 12.9. The minimum Gasteiger partial charge on any atom is -0.303 e. The highest BCUT2D eigenvalue weighted by Gasteiger charge is 2.08. The molecule has 0 amide bonds. The molecule has 0 radical (unpaired) electrons. The summed E-state index contributed by atoms with van der Waals surface area (Å²) in [5.41, 5.74) is 1.37. The Labute approximate surface area is 97.9 Å². The highest BCUT2D eigenvalue weighted by atomic mass is 35.5. The van der Waals surface area contributed by atoms with E-state index in [9.17, 15) is 0 Å². The molecule has 14 heavy (non-hydrogen) atoms. The fourth-order valence-corrected chi connectivity index (χ4v) is 1.90. The Kier molecular flexibility index (Phi) is 4.89. The topological polar surface area (TPSA) is 24.9 Å². The van der Waals surface area contributed by atoms with Gasteiger partial charge in [-0.25, -0.2) is 4.98 Å². The third-order valence-corrected chi connectivity index (χ3v) is 3.42. The molecular formula is C9H12Cl2N2S. The fraction of sp³-hybridized carbons (Fsp3) is 0.444. The fourth-order valence-electron chi connectivity index (χ4n) is 0.949. The number of thiazole rings is 1. The average Bonchev–Trinajstić information content (AvgIpc) is 2.60.